The molecule has 0 aliphatic carbocycles. The van der Waals surface area contributed by atoms with Gasteiger partial charge in [0.25, 0.3) is 5.91 Å². The fourth-order valence-electron chi connectivity index (χ4n) is 3.52. The normalized spacial score (nSPS) is 18.2. The van der Waals surface area contributed by atoms with Crippen LogP contribution in [0, 0.1) is 4.78 Å². The molecule has 2 heterocycles. The molecule has 0 fully saturated rings. The Hall–Kier alpha value is -2.51. The van der Waals surface area contributed by atoms with E-state index in [1.165, 1.54) is 6.26 Å². The summed E-state index contributed by atoms with van der Waals surface area (Å²) in [6, 6.07) is 12.2. The molecule has 0 spiro atoms. The van der Waals surface area contributed by atoms with Gasteiger partial charge >= 0.3 is 0 Å². The summed E-state index contributed by atoms with van der Waals surface area (Å²) in [6.07, 6.45) is 2.01. The maximum Gasteiger partial charge on any atom is 0.268 e. The van der Waals surface area contributed by atoms with Crippen molar-refractivity contribution in [3.05, 3.63) is 58.7 Å². The molecular formula is C20H20ClN3O3S. The Balaban J connectivity index is 1.64. The fourth-order valence-corrected chi connectivity index (χ4v) is 4.34. The number of hydrogen-bond acceptors (Lipinski definition) is 4. The lowest BCUT2D eigenvalue weighted by Crippen LogP contribution is -2.33. The van der Waals surface area contributed by atoms with Crippen molar-refractivity contribution in [3.8, 4) is 5.75 Å². The molecular weight excluding hydrogens is 398 g/mol. The van der Waals surface area contributed by atoms with Crippen molar-refractivity contribution in [1.29, 1.82) is 4.78 Å². The first kappa shape index (κ1) is 18.8. The van der Waals surface area contributed by atoms with Crippen molar-refractivity contribution in [3.63, 3.8) is 0 Å². The number of halogens is 1. The lowest BCUT2D eigenvalue weighted by Gasteiger charge is -2.27. The Morgan fingerprint density at radius 3 is 2.82 bits per heavy atom. The first-order chi connectivity index (χ1) is 13.2. The Kier molecular flexibility index (Phi) is 4.59. The number of ether oxygens (including phenoxy) is 1. The van der Waals surface area contributed by atoms with Crippen LogP contribution < -0.4 is 10.1 Å². The predicted molar refractivity (Wildman–Crippen MR) is 110 cm³/mol. The highest BCUT2D eigenvalue weighted by Crippen LogP contribution is 2.34. The molecule has 4 rings (SSSR count). The average molecular weight is 418 g/mol. The van der Waals surface area contributed by atoms with E-state index in [1.807, 2.05) is 29.8 Å². The van der Waals surface area contributed by atoms with Crippen LogP contribution in [0.3, 0.4) is 0 Å². The number of fused-ring (bicyclic) bond motifs is 2. The molecule has 3 aromatic rings. The average Bonchev–Trinajstić information content (AvgIpc) is 2.97. The van der Waals surface area contributed by atoms with Crippen molar-refractivity contribution in [2.45, 2.75) is 17.4 Å². The van der Waals surface area contributed by atoms with E-state index >= 15 is 0 Å². The highest BCUT2D eigenvalue weighted by molar-refractivity contribution is 7.91. The van der Waals surface area contributed by atoms with Crippen molar-refractivity contribution in [1.82, 2.24) is 9.88 Å². The van der Waals surface area contributed by atoms with Crippen LogP contribution in [0.5, 0.6) is 5.75 Å². The van der Waals surface area contributed by atoms with E-state index < -0.39 is 9.73 Å². The maximum atomic E-state index is 12.9. The number of aromatic nitrogens is 1. The van der Waals surface area contributed by atoms with Gasteiger partial charge in [0.05, 0.1) is 27.3 Å². The van der Waals surface area contributed by atoms with Gasteiger partial charge in [-0.25, -0.2) is 8.99 Å². The molecule has 0 saturated heterocycles. The van der Waals surface area contributed by atoms with Crippen molar-refractivity contribution < 1.29 is 13.7 Å². The van der Waals surface area contributed by atoms with Crippen molar-refractivity contribution in [2.24, 2.45) is 7.05 Å². The first-order valence-electron chi connectivity index (χ1n) is 8.80. The zero-order chi connectivity index (χ0) is 20.1. The summed E-state index contributed by atoms with van der Waals surface area (Å²) in [5.74, 6) is 0.385. The van der Waals surface area contributed by atoms with E-state index in [0.29, 0.717) is 34.4 Å². The molecule has 2 aromatic carbocycles. The molecule has 0 bridgehead atoms. The number of aryl methyl sites for hydroxylation is 1. The molecule has 0 saturated carbocycles. The number of carbonyl (C=O) groups is 1. The smallest absolute Gasteiger partial charge is 0.268 e. The van der Waals surface area contributed by atoms with Crippen LogP contribution in [0.15, 0.2) is 47.4 Å². The Morgan fingerprint density at radius 2 is 2.07 bits per heavy atom. The van der Waals surface area contributed by atoms with E-state index in [0.717, 1.165) is 16.5 Å². The summed E-state index contributed by atoms with van der Waals surface area (Å²) in [6.45, 7) is 0.440. The molecule has 0 unspecified atom stereocenters. The molecule has 1 aliphatic rings. The summed E-state index contributed by atoms with van der Waals surface area (Å²) in [5, 5.41) is 4.64. The largest absolute Gasteiger partial charge is 0.493 e. The molecule has 1 aromatic heterocycles. The van der Waals surface area contributed by atoms with Gasteiger partial charge in [-0.15, -0.1) is 0 Å². The van der Waals surface area contributed by atoms with E-state index in [-0.39, 0.29) is 11.9 Å². The number of carbonyl (C=O) groups excluding carboxylic acids is 1. The van der Waals surface area contributed by atoms with Gasteiger partial charge in [0.15, 0.2) is 0 Å². The van der Waals surface area contributed by atoms with Crippen LogP contribution in [-0.2, 0) is 16.8 Å². The number of hydrogen-bond donors (Lipinski definition) is 2. The summed E-state index contributed by atoms with van der Waals surface area (Å²) in [5.41, 5.74) is 2.27. The van der Waals surface area contributed by atoms with Crippen molar-refractivity contribution in [2.75, 3.05) is 12.9 Å². The molecule has 1 amide bonds. The number of nitrogens with zero attached hydrogens (tertiary/aromatic N) is 1. The number of benzene rings is 2. The Labute approximate surface area is 168 Å². The lowest BCUT2D eigenvalue weighted by molar-refractivity contribution is 0.0917. The minimum atomic E-state index is -2.83. The first-order valence-corrected chi connectivity index (χ1v) is 11.1. The van der Waals surface area contributed by atoms with Crippen LogP contribution in [0.2, 0.25) is 5.02 Å². The zero-order valence-corrected chi connectivity index (χ0v) is 17.1. The molecule has 146 valence electrons. The van der Waals surface area contributed by atoms with E-state index in [9.17, 15) is 9.00 Å². The third-order valence-corrected chi connectivity index (χ3v) is 6.41. The minimum Gasteiger partial charge on any atom is -0.493 e. The topological polar surface area (TPSA) is 84.2 Å². The molecule has 8 heteroatoms. The molecule has 2 N–H and O–H groups in total. The van der Waals surface area contributed by atoms with Gasteiger partial charge in [-0.05, 0) is 30.3 Å². The fraction of sp³-hybridized carbons (Fsp3) is 0.250. The number of rotatable bonds is 3. The molecule has 0 radical (unpaired) electrons. The standard InChI is InChI=1S/C20H20ClN3O3S/c1-24-17-10-13(21)4-3-12(17)9-18(24)20(25)23-16-7-8-27-19-11-14(28(2,22)26)5-6-15(16)19/h3-6,9-11,16,22H,7-8H2,1-2H3,(H,23,25)/t16-,28-/m1/s1. The second-order valence-corrected chi connectivity index (χ2v) is 9.59. The van der Waals surface area contributed by atoms with Crippen LogP contribution in [0.4, 0.5) is 0 Å². The van der Waals surface area contributed by atoms with Gasteiger partial charge in [0.1, 0.15) is 11.4 Å². The third-order valence-electron chi connectivity index (χ3n) is 5.02. The minimum absolute atomic E-state index is 0.184. The van der Waals surface area contributed by atoms with E-state index in [2.05, 4.69) is 5.32 Å². The highest BCUT2D eigenvalue weighted by Gasteiger charge is 2.25. The lowest BCUT2D eigenvalue weighted by atomic mass is 10.0. The molecule has 2 atom stereocenters. The second kappa shape index (κ2) is 6.83. The molecule has 28 heavy (non-hydrogen) atoms. The SMILES string of the molecule is Cn1c(C(=O)N[C@@H]2CCOc3cc([S@](C)(=N)=O)ccc32)cc2ccc(Cl)cc21. The predicted octanol–water partition coefficient (Wildman–Crippen LogP) is 4.12. The number of amides is 1. The van der Waals surface area contributed by atoms with Crippen LogP contribution >= 0.6 is 11.6 Å². The van der Waals surface area contributed by atoms with E-state index in [4.69, 9.17) is 21.1 Å². The Bertz CT molecular complexity index is 1200. The van der Waals surface area contributed by atoms with Gasteiger partial charge in [0, 0.05) is 41.2 Å². The zero-order valence-electron chi connectivity index (χ0n) is 15.5. The summed E-state index contributed by atoms with van der Waals surface area (Å²) < 4.78 is 27.2. The quantitative estimate of drug-likeness (QED) is 0.672. The third kappa shape index (κ3) is 3.36. The van der Waals surface area contributed by atoms with Gasteiger partial charge in [0.2, 0.25) is 0 Å². The van der Waals surface area contributed by atoms with Crippen LogP contribution in [0.1, 0.15) is 28.5 Å². The van der Waals surface area contributed by atoms with Gasteiger partial charge in [-0.1, -0.05) is 23.7 Å². The second-order valence-electron chi connectivity index (χ2n) is 7.00. The summed E-state index contributed by atoms with van der Waals surface area (Å²) in [4.78, 5) is 13.4. The summed E-state index contributed by atoms with van der Waals surface area (Å²) >= 11 is 6.07. The van der Waals surface area contributed by atoms with Gasteiger partial charge in [-0.2, -0.15) is 0 Å². The molecule has 1 aliphatic heterocycles. The number of nitrogens with one attached hydrogen (secondary N) is 2. The van der Waals surface area contributed by atoms with Gasteiger partial charge < -0.3 is 14.6 Å². The highest BCUT2D eigenvalue weighted by atomic mass is 35.5. The maximum absolute atomic E-state index is 12.9. The summed E-state index contributed by atoms with van der Waals surface area (Å²) in [7, 11) is -0.988. The monoisotopic (exact) mass is 417 g/mol. The van der Waals surface area contributed by atoms with Crippen LogP contribution in [0.25, 0.3) is 10.9 Å². The van der Waals surface area contributed by atoms with Crippen LogP contribution in [-0.4, -0.2) is 27.5 Å². The van der Waals surface area contributed by atoms with Crippen molar-refractivity contribution >= 4 is 38.1 Å². The van der Waals surface area contributed by atoms with E-state index in [1.54, 1.807) is 24.3 Å². The Morgan fingerprint density at radius 1 is 1.29 bits per heavy atom. The molecule has 6 nitrogen and oxygen atoms in total. The van der Waals surface area contributed by atoms with Gasteiger partial charge in [-0.3, -0.25) is 4.79 Å².